The molecule has 1 aromatic carbocycles. The second kappa shape index (κ2) is 8.22. The lowest BCUT2D eigenvalue weighted by Crippen LogP contribution is -2.25. The fourth-order valence-corrected chi connectivity index (χ4v) is 2.86. The molecule has 0 saturated carbocycles. The van der Waals surface area contributed by atoms with E-state index in [1.54, 1.807) is 6.92 Å². The molecule has 0 aliphatic carbocycles. The Kier molecular flexibility index (Phi) is 6.00. The van der Waals surface area contributed by atoms with Crippen molar-refractivity contribution in [3.8, 4) is 6.07 Å². The molecule has 0 saturated heterocycles. The van der Waals surface area contributed by atoms with Crippen LogP contribution in [0.5, 0.6) is 0 Å². The predicted molar refractivity (Wildman–Crippen MR) is 97.4 cm³/mol. The first-order valence-corrected chi connectivity index (χ1v) is 8.22. The molecule has 1 unspecified atom stereocenters. The summed E-state index contributed by atoms with van der Waals surface area (Å²) in [7, 11) is 0. The second-order valence-corrected chi connectivity index (χ2v) is 5.83. The van der Waals surface area contributed by atoms with E-state index in [-0.39, 0.29) is 40.6 Å². The van der Waals surface area contributed by atoms with Gasteiger partial charge in [-0.1, -0.05) is 6.07 Å². The molecule has 1 aliphatic rings. The quantitative estimate of drug-likeness (QED) is 0.443. The summed E-state index contributed by atoms with van der Waals surface area (Å²) in [4.78, 5) is 34.5. The van der Waals surface area contributed by atoms with Gasteiger partial charge >= 0.3 is 5.97 Å². The smallest absolute Gasteiger partial charge is 0.338 e. The first-order valence-electron chi connectivity index (χ1n) is 8.22. The van der Waals surface area contributed by atoms with Crippen LogP contribution in [0.3, 0.4) is 0 Å². The lowest BCUT2D eigenvalue weighted by atomic mass is 9.83. The molecule has 3 N–H and O–H groups in total. The lowest BCUT2D eigenvalue weighted by molar-refractivity contribution is -0.384. The van der Waals surface area contributed by atoms with Crippen molar-refractivity contribution in [1.82, 2.24) is 0 Å². The van der Waals surface area contributed by atoms with Crippen molar-refractivity contribution in [2.24, 2.45) is 5.73 Å². The highest BCUT2D eigenvalue weighted by Crippen LogP contribution is 2.41. The summed E-state index contributed by atoms with van der Waals surface area (Å²) in [6.45, 7) is 4.42. The number of carbonyl (C=O) groups is 2. The Morgan fingerprint density at radius 1 is 1.46 bits per heavy atom. The van der Waals surface area contributed by atoms with Gasteiger partial charge in [-0.2, -0.15) is 5.26 Å². The number of hydrogen-bond donors (Lipinski definition) is 2. The van der Waals surface area contributed by atoms with E-state index in [0.29, 0.717) is 0 Å². The molecule has 1 atom stereocenters. The van der Waals surface area contributed by atoms with E-state index in [4.69, 9.17) is 15.2 Å². The number of nitrogens with two attached hydrogens (primary N) is 1. The van der Waals surface area contributed by atoms with E-state index in [0.717, 1.165) is 0 Å². The molecule has 0 fully saturated rings. The highest BCUT2D eigenvalue weighted by molar-refractivity contribution is 5.93. The van der Waals surface area contributed by atoms with E-state index in [1.807, 2.05) is 6.07 Å². The molecule has 2 rings (SSSR count). The highest BCUT2D eigenvalue weighted by Gasteiger charge is 2.37. The Morgan fingerprint density at radius 2 is 2.14 bits per heavy atom. The van der Waals surface area contributed by atoms with E-state index >= 15 is 0 Å². The van der Waals surface area contributed by atoms with Gasteiger partial charge in [0.1, 0.15) is 23.1 Å². The summed E-state index contributed by atoms with van der Waals surface area (Å²) < 4.78 is 10.3. The molecule has 0 radical (unpaired) electrons. The van der Waals surface area contributed by atoms with E-state index in [2.05, 4.69) is 5.32 Å². The van der Waals surface area contributed by atoms with Crippen molar-refractivity contribution in [2.45, 2.75) is 26.7 Å². The van der Waals surface area contributed by atoms with Gasteiger partial charge in [0.25, 0.3) is 5.69 Å². The number of esters is 1. The number of nitrogens with one attached hydrogen (secondary N) is 1. The molecule has 28 heavy (non-hydrogen) atoms. The number of rotatable bonds is 5. The number of ether oxygens (including phenoxy) is 2. The number of nitrogens with zero attached hydrogens (tertiary/aromatic N) is 2. The minimum absolute atomic E-state index is 0.0119. The van der Waals surface area contributed by atoms with E-state index in [9.17, 15) is 25.0 Å². The van der Waals surface area contributed by atoms with Crippen LogP contribution in [-0.2, 0) is 19.1 Å². The first kappa shape index (κ1) is 20.4. The van der Waals surface area contributed by atoms with Gasteiger partial charge in [-0.3, -0.25) is 14.9 Å². The maximum absolute atomic E-state index is 12.5. The third-order valence-electron chi connectivity index (χ3n) is 3.96. The minimum Gasteiger partial charge on any atom is -0.463 e. The Bertz CT molecular complexity index is 957. The predicted octanol–water partition coefficient (Wildman–Crippen LogP) is 2.20. The molecular weight excluding hydrogens is 368 g/mol. The number of amides is 1. The topological polar surface area (TPSA) is 158 Å². The lowest BCUT2D eigenvalue weighted by Gasteiger charge is -2.26. The van der Waals surface area contributed by atoms with Gasteiger partial charge in [-0.25, -0.2) is 4.79 Å². The van der Waals surface area contributed by atoms with Gasteiger partial charge in [-0.15, -0.1) is 0 Å². The SMILES string of the molecule is CCOC(=O)C1=C(C)OC(N)=C(C#N)C1c1ccc(NC(C)=O)c([N+](=O)[O-])c1. The molecule has 0 bridgehead atoms. The van der Waals surface area contributed by atoms with Gasteiger partial charge in [-0.05, 0) is 25.5 Å². The fourth-order valence-electron chi connectivity index (χ4n) is 2.86. The zero-order valence-electron chi connectivity index (χ0n) is 15.4. The molecular formula is C18H18N4O6. The average Bonchev–Trinajstić information content (AvgIpc) is 2.61. The number of benzene rings is 1. The van der Waals surface area contributed by atoms with Crippen LogP contribution in [0.25, 0.3) is 0 Å². The normalized spacial score (nSPS) is 16.1. The van der Waals surface area contributed by atoms with Crippen molar-refractivity contribution in [3.63, 3.8) is 0 Å². The summed E-state index contributed by atoms with van der Waals surface area (Å²) in [6, 6.07) is 5.86. The largest absolute Gasteiger partial charge is 0.463 e. The number of nitriles is 1. The zero-order valence-corrected chi connectivity index (χ0v) is 15.4. The van der Waals surface area contributed by atoms with Crippen LogP contribution in [0.4, 0.5) is 11.4 Å². The minimum atomic E-state index is -1.01. The van der Waals surface area contributed by atoms with Crippen molar-refractivity contribution in [2.75, 3.05) is 11.9 Å². The number of allylic oxidation sites excluding steroid dienone is 2. The highest BCUT2D eigenvalue weighted by atomic mass is 16.6. The molecule has 146 valence electrons. The van der Waals surface area contributed by atoms with Crippen molar-refractivity contribution < 1.29 is 24.0 Å². The summed E-state index contributed by atoms with van der Waals surface area (Å²) >= 11 is 0. The van der Waals surface area contributed by atoms with Gasteiger partial charge in [0.15, 0.2) is 0 Å². The number of nitro groups is 1. The van der Waals surface area contributed by atoms with Gasteiger partial charge in [0.05, 0.1) is 23.0 Å². The first-order chi connectivity index (χ1) is 13.2. The van der Waals surface area contributed by atoms with Crippen molar-refractivity contribution in [3.05, 3.63) is 56.7 Å². The van der Waals surface area contributed by atoms with Crippen LogP contribution in [0.15, 0.2) is 41.0 Å². The van der Waals surface area contributed by atoms with Crippen LogP contribution in [0.1, 0.15) is 32.3 Å². The monoisotopic (exact) mass is 386 g/mol. The number of anilines is 1. The van der Waals surface area contributed by atoms with Crippen LogP contribution >= 0.6 is 0 Å². The number of carbonyl (C=O) groups excluding carboxylic acids is 2. The molecule has 1 amide bonds. The van der Waals surface area contributed by atoms with E-state index in [1.165, 1.54) is 32.0 Å². The molecule has 0 spiro atoms. The summed E-state index contributed by atoms with van der Waals surface area (Å²) in [5.41, 5.74) is 5.59. The fraction of sp³-hybridized carbons (Fsp3) is 0.278. The standard InChI is InChI=1S/C18H18N4O6/c1-4-27-18(24)15-9(2)28-17(20)12(8-19)16(15)11-5-6-13(21-10(3)23)14(7-11)22(25)26/h5-7,16H,4,20H2,1-3H3,(H,21,23). The van der Waals surface area contributed by atoms with Crippen LogP contribution in [-0.4, -0.2) is 23.4 Å². The van der Waals surface area contributed by atoms with Crippen LogP contribution in [0, 0.1) is 21.4 Å². The molecule has 1 aliphatic heterocycles. The maximum atomic E-state index is 12.5. The number of nitro benzene ring substituents is 1. The second-order valence-electron chi connectivity index (χ2n) is 5.83. The third kappa shape index (κ3) is 3.93. The molecule has 10 nitrogen and oxygen atoms in total. The Labute approximate surface area is 160 Å². The van der Waals surface area contributed by atoms with Gasteiger partial charge in [0.2, 0.25) is 11.8 Å². The Hall–Kier alpha value is -3.87. The van der Waals surface area contributed by atoms with Gasteiger partial charge < -0.3 is 20.5 Å². The van der Waals surface area contributed by atoms with Crippen LogP contribution < -0.4 is 11.1 Å². The molecule has 0 aromatic heterocycles. The summed E-state index contributed by atoms with van der Waals surface area (Å²) in [6.07, 6.45) is 0. The Morgan fingerprint density at radius 3 is 2.68 bits per heavy atom. The Balaban J connectivity index is 2.69. The maximum Gasteiger partial charge on any atom is 0.338 e. The zero-order chi connectivity index (χ0) is 21.0. The molecule has 10 heteroatoms. The third-order valence-corrected chi connectivity index (χ3v) is 3.96. The summed E-state index contributed by atoms with van der Waals surface area (Å²) in [5.74, 6) is -2.28. The summed E-state index contributed by atoms with van der Waals surface area (Å²) in [5, 5.41) is 23.4. The molecule has 1 aromatic rings. The van der Waals surface area contributed by atoms with E-state index < -0.39 is 28.4 Å². The van der Waals surface area contributed by atoms with Crippen molar-refractivity contribution >= 4 is 23.3 Å². The average molecular weight is 386 g/mol. The van der Waals surface area contributed by atoms with Crippen molar-refractivity contribution in [1.29, 1.82) is 5.26 Å². The number of hydrogen-bond acceptors (Lipinski definition) is 8. The van der Waals surface area contributed by atoms with Crippen LogP contribution in [0.2, 0.25) is 0 Å². The van der Waals surface area contributed by atoms with Gasteiger partial charge in [0, 0.05) is 13.0 Å². The molecule has 1 heterocycles.